The maximum absolute atomic E-state index is 11.8. The highest BCUT2D eigenvalue weighted by molar-refractivity contribution is 7.07. The van der Waals surface area contributed by atoms with Crippen LogP contribution < -0.4 is 5.32 Å². The van der Waals surface area contributed by atoms with Crippen molar-refractivity contribution in [3.05, 3.63) is 22.4 Å². The largest absolute Gasteiger partial charge is 0.354 e. The topological polar surface area (TPSA) is 32.3 Å². The van der Waals surface area contributed by atoms with Gasteiger partial charge in [0.1, 0.15) is 0 Å². The van der Waals surface area contributed by atoms with Crippen molar-refractivity contribution in [2.45, 2.75) is 39.2 Å². The van der Waals surface area contributed by atoms with Crippen LogP contribution in [0.15, 0.2) is 16.8 Å². The number of thiophene rings is 1. The summed E-state index contributed by atoms with van der Waals surface area (Å²) in [6, 6.07) is 2.53. The zero-order chi connectivity index (χ0) is 13.7. The molecule has 1 amide bonds. The van der Waals surface area contributed by atoms with Gasteiger partial charge in [0.15, 0.2) is 0 Å². The van der Waals surface area contributed by atoms with E-state index in [9.17, 15) is 4.79 Å². The summed E-state index contributed by atoms with van der Waals surface area (Å²) in [6.07, 6.45) is 3.89. The molecule has 1 aromatic heterocycles. The number of amides is 1. The fourth-order valence-corrected chi connectivity index (χ4v) is 3.26. The second-order valence-corrected chi connectivity index (χ2v) is 6.35. The first kappa shape index (κ1) is 14.5. The predicted octanol–water partition coefficient (Wildman–Crippen LogP) is 3.05. The van der Waals surface area contributed by atoms with Gasteiger partial charge in [-0.3, -0.25) is 9.69 Å². The highest BCUT2D eigenvalue weighted by Gasteiger charge is 2.23. The normalized spacial score (nSPS) is 18.5. The van der Waals surface area contributed by atoms with Gasteiger partial charge in [-0.1, -0.05) is 20.3 Å². The highest BCUT2D eigenvalue weighted by atomic mass is 32.1. The van der Waals surface area contributed by atoms with E-state index in [-0.39, 0.29) is 11.8 Å². The maximum Gasteiger partial charge on any atom is 0.222 e. The van der Waals surface area contributed by atoms with Crippen LogP contribution in [0.5, 0.6) is 0 Å². The SMILES string of the molecule is CC(C)C(=O)NCC(c1ccsc1)N1CCCCC1. The zero-order valence-corrected chi connectivity index (χ0v) is 12.7. The van der Waals surface area contributed by atoms with Gasteiger partial charge < -0.3 is 5.32 Å². The van der Waals surface area contributed by atoms with Gasteiger partial charge in [0.25, 0.3) is 0 Å². The molecule has 3 nitrogen and oxygen atoms in total. The summed E-state index contributed by atoms with van der Waals surface area (Å²) < 4.78 is 0. The van der Waals surface area contributed by atoms with Crippen LogP contribution in [0.3, 0.4) is 0 Å². The third-order valence-corrected chi connectivity index (χ3v) is 4.45. The third kappa shape index (κ3) is 4.05. The van der Waals surface area contributed by atoms with Crippen molar-refractivity contribution in [2.24, 2.45) is 5.92 Å². The molecule has 1 N–H and O–H groups in total. The number of nitrogens with one attached hydrogen (secondary N) is 1. The lowest BCUT2D eigenvalue weighted by molar-refractivity contribution is -0.124. The Bertz CT molecular complexity index is 383. The van der Waals surface area contributed by atoms with Crippen LogP contribution in [0.1, 0.15) is 44.7 Å². The minimum atomic E-state index is 0.0597. The van der Waals surface area contributed by atoms with Crippen LogP contribution in [-0.4, -0.2) is 30.4 Å². The molecule has 1 aliphatic rings. The fraction of sp³-hybridized carbons (Fsp3) is 0.667. The first-order valence-corrected chi connectivity index (χ1v) is 8.16. The number of hydrogen-bond donors (Lipinski definition) is 1. The second kappa shape index (κ2) is 7.06. The van der Waals surface area contributed by atoms with Crippen LogP contribution >= 0.6 is 11.3 Å². The Morgan fingerprint density at radius 3 is 2.68 bits per heavy atom. The number of carbonyl (C=O) groups excluding carboxylic acids is 1. The van der Waals surface area contributed by atoms with Crippen molar-refractivity contribution in [2.75, 3.05) is 19.6 Å². The Hall–Kier alpha value is -0.870. The lowest BCUT2D eigenvalue weighted by Gasteiger charge is -2.34. The molecule has 0 aromatic carbocycles. The lowest BCUT2D eigenvalue weighted by Crippen LogP contribution is -2.41. The van der Waals surface area contributed by atoms with Crippen LogP contribution in [0.25, 0.3) is 0 Å². The third-order valence-electron chi connectivity index (χ3n) is 3.75. The van der Waals surface area contributed by atoms with E-state index in [0.29, 0.717) is 6.04 Å². The molecule has 2 heterocycles. The van der Waals surface area contributed by atoms with E-state index in [2.05, 4.69) is 27.0 Å². The van der Waals surface area contributed by atoms with Crippen LogP contribution in [0.4, 0.5) is 0 Å². The van der Waals surface area contributed by atoms with E-state index in [0.717, 1.165) is 19.6 Å². The van der Waals surface area contributed by atoms with Crippen LogP contribution in [0, 0.1) is 5.92 Å². The molecule has 4 heteroatoms. The van der Waals surface area contributed by atoms with E-state index in [1.807, 2.05) is 13.8 Å². The standard InChI is InChI=1S/C15H24N2OS/c1-12(2)15(18)16-10-14(13-6-9-19-11-13)17-7-4-3-5-8-17/h6,9,11-12,14H,3-5,7-8,10H2,1-2H3,(H,16,18). The van der Waals surface area contributed by atoms with Gasteiger partial charge in [0.05, 0.1) is 6.04 Å². The molecule has 1 aliphatic heterocycles. The smallest absolute Gasteiger partial charge is 0.222 e. The van der Waals surface area contributed by atoms with Gasteiger partial charge >= 0.3 is 0 Å². The molecule has 0 aliphatic carbocycles. The number of rotatable bonds is 5. The number of carbonyl (C=O) groups is 1. The molecule has 0 bridgehead atoms. The predicted molar refractivity (Wildman–Crippen MR) is 80.3 cm³/mol. The number of hydrogen-bond acceptors (Lipinski definition) is 3. The van der Waals surface area contributed by atoms with Crippen LogP contribution in [-0.2, 0) is 4.79 Å². The maximum atomic E-state index is 11.8. The van der Waals surface area contributed by atoms with E-state index >= 15 is 0 Å². The van der Waals surface area contributed by atoms with E-state index in [4.69, 9.17) is 0 Å². The molecule has 0 spiro atoms. The van der Waals surface area contributed by atoms with Crippen molar-refractivity contribution in [3.8, 4) is 0 Å². The summed E-state index contributed by atoms with van der Waals surface area (Å²) in [5, 5.41) is 7.42. The average Bonchev–Trinajstić information content (AvgIpc) is 2.94. The Morgan fingerprint density at radius 1 is 1.37 bits per heavy atom. The first-order valence-electron chi connectivity index (χ1n) is 7.22. The molecule has 1 fully saturated rings. The van der Waals surface area contributed by atoms with Gasteiger partial charge in [-0.25, -0.2) is 0 Å². The van der Waals surface area contributed by atoms with Crippen molar-refractivity contribution < 1.29 is 4.79 Å². The minimum Gasteiger partial charge on any atom is -0.354 e. The molecule has 1 saturated heterocycles. The zero-order valence-electron chi connectivity index (χ0n) is 11.9. The monoisotopic (exact) mass is 280 g/mol. The number of piperidine rings is 1. The molecular formula is C15H24N2OS. The molecule has 106 valence electrons. The van der Waals surface area contributed by atoms with E-state index < -0.39 is 0 Å². The summed E-state index contributed by atoms with van der Waals surface area (Å²) in [5.74, 6) is 0.210. The molecule has 1 aromatic rings. The van der Waals surface area contributed by atoms with E-state index in [1.165, 1.54) is 24.8 Å². The molecule has 2 rings (SSSR count). The quantitative estimate of drug-likeness (QED) is 0.899. The van der Waals surface area contributed by atoms with E-state index in [1.54, 1.807) is 11.3 Å². The Kier molecular flexibility index (Phi) is 5.40. The molecule has 1 atom stereocenters. The van der Waals surface area contributed by atoms with Gasteiger partial charge in [-0.15, -0.1) is 0 Å². The molecule has 0 radical (unpaired) electrons. The second-order valence-electron chi connectivity index (χ2n) is 5.57. The summed E-state index contributed by atoms with van der Waals surface area (Å²) >= 11 is 1.73. The lowest BCUT2D eigenvalue weighted by atomic mass is 10.0. The van der Waals surface area contributed by atoms with Gasteiger partial charge in [-0.05, 0) is 48.3 Å². The van der Waals surface area contributed by atoms with Crippen LogP contribution in [0.2, 0.25) is 0 Å². The van der Waals surface area contributed by atoms with Gasteiger partial charge in [-0.2, -0.15) is 11.3 Å². The van der Waals surface area contributed by atoms with Crippen molar-refractivity contribution in [1.82, 2.24) is 10.2 Å². The number of nitrogens with zero attached hydrogens (tertiary/aromatic N) is 1. The molecular weight excluding hydrogens is 256 g/mol. The molecule has 1 unspecified atom stereocenters. The molecule has 0 saturated carbocycles. The van der Waals surface area contributed by atoms with Crippen molar-refractivity contribution >= 4 is 17.2 Å². The average molecular weight is 280 g/mol. The summed E-state index contributed by atoms with van der Waals surface area (Å²) in [5.41, 5.74) is 1.34. The minimum absolute atomic E-state index is 0.0597. The Morgan fingerprint density at radius 2 is 2.11 bits per heavy atom. The number of likely N-dealkylation sites (tertiary alicyclic amines) is 1. The van der Waals surface area contributed by atoms with Gasteiger partial charge in [0, 0.05) is 12.5 Å². The van der Waals surface area contributed by atoms with Gasteiger partial charge in [0.2, 0.25) is 5.91 Å². The summed E-state index contributed by atoms with van der Waals surface area (Å²) in [4.78, 5) is 14.3. The molecule has 19 heavy (non-hydrogen) atoms. The van der Waals surface area contributed by atoms with Crippen molar-refractivity contribution in [3.63, 3.8) is 0 Å². The fourth-order valence-electron chi connectivity index (χ4n) is 2.55. The summed E-state index contributed by atoms with van der Waals surface area (Å²) in [7, 11) is 0. The first-order chi connectivity index (χ1) is 9.18. The Balaban J connectivity index is 2.00. The highest BCUT2D eigenvalue weighted by Crippen LogP contribution is 2.25. The van der Waals surface area contributed by atoms with Crippen molar-refractivity contribution in [1.29, 1.82) is 0 Å². The Labute approximate surface area is 120 Å². The summed E-state index contributed by atoms with van der Waals surface area (Å²) in [6.45, 7) is 6.91.